The minimum Gasteiger partial charge on any atom is -0.462 e. The first-order chi connectivity index (χ1) is 17.9. The smallest absolute Gasteiger partial charge is 0.459 e. The first-order valence-corrected chi connectivity index (χ1v) is 13.9. The molecular weight excluding hydrogens is 537 g/mol. The molecule has 0 unspecified atom stereocenters. The number of benzene rings is 1. The Morgan fingerprint density at radius 2 is 2.00 bits per heavy atom. The minimum absolute atomic E-state index is 0.247. The van der Waals surface area contributed by atoms with Gasteiger partial charge in [-0.1, -0.05) is 18.2 Å². The summed E-state index contributed by atoms with van der Waals surface area (Å²) in [6.45, 7) is 6.12. The Bertz CT molecular complexity index is 1320. The molecule has 0 amide bonds. The molecule has 1 aromatic carbocycles. The molecule has 3 heterocycles. The van der Waals surface area contributed by atoms with Gasteiger partial charge < -0.3 is 29.4 Å². The van der Waals surface area contributed by atoms with Crippen molar-refractivity contribution in [3.8, 4) is 5.75 Å². The summed E-state index contributed by atoms with van der Waals surface area (Å²) >= 11 is 6.76. The second kappa shape index (κ2) is 11.2. The highest BCUT2D eigenvalue weighted by Crippen LogP contribution is 2.48. The number of ether oxygens (including phenoxy) is 2. The van der Waals surface area contributed by atoms with Gasteiger partial charge in [-0.25, -0.2) is 14.5 Å². The molecule has 1 aliphatic heterocycles. The fourth-order valence-electron chi connectivity index (χ4n) is 4.04. The number of aromatic nitrogens is 3. The van der Waals surface area contributed by atoms with Crippen molar-refractivity contribution in [1.29, 1.82) is 0 Å². The molecule has 3 aromatic rings. The molecule has 38 heavy (non-hydrogen) atoms. The molecule has 6 atom stereocenters. The van der Waals surface area contributed by atoms with Crippen molar-refractivity contribution < 1.29 is 33.0 Å². The molecule has 0 spiro atoms. The number of halogens is 1. The van der Waals surface area contributed by atoms with Crippen LogP contribution in [0, 0.1) is 0 Å². The number of alkyl halides is 1. The molecule has 0 bridgehead atoms. The maximum absolute atomic E-state index is 13.8. The lowest BCUT2D eigenvalue weighted by Crippen LogP contribution is -2.40. The number of nitrogen functional groups attached to an aromatic ring is 1. The number of nitrogens with two attached hydrogens (primary N) is 1. The number of para-hydroxylation sites is 1. The van der Waals surface area contributed by atoms with Crippen LogP contribution in [-0.4, -0.2) is 61.4 Å². The lowest BCUT2D eigenvalue weighted by molar-refractivity contribution is -0.149. The largest absolute Gasteiger partial charge is 0.462 e. The Hall–Kier alpha value is -2.73. The highest BCUT2D eigenvalue weighted by molar-refractivity contribution is 7.52. The first kappa shape index (κ1) is 28.3. The molecule has 4 rings (SSSR count). The van der Waals surface area contributed by atoms with Gasteiger partial charge >= 0.3 is 13.7 Å². The Balaban J connectivity index is 1.54. The van der Waals surface area contributed by atoms with Gasteiger partial charge in [-0.05, 0) is 45.9 Å². The Morgan fingerprint density at radius 1 is 1.29 bits per heavy atom. The molecule has 206 valence electrons. The van der Waals surface area contributed by atoms with Crippen LogP contribution >= 0.6 is 19.3 Å². The summed E-state index contributed by atoms with van der Waals surface area (Å²) in [5.74, 6) is -0.0952. The van der Waals surface area contributed by atoms with Gasteiger partial charge in [-0.3, -0.25) is 9.32 Å². The third-order valence-corrected chi connectivity index (χ3v) is 8.00. The molecule has 2 aromatic heterocycles. The van der Waals surface area contributed by atoms with Gasteiger partial charge in [0.05, 0.1) is 18.1 Å². The topological polar surface area (TPSA) is 160 Å². The fraction of sp³-hybridized carbons (Fsp3) is 0.458. The highest BCUT2D eigenvalue weighted by atomic mass is 35.5. The number of nitrogens with one attached hydrogen (secondary N) is 1. The molecule has 1 fully saturated rings. The number of hydrogen-bond acceptors (Lipinski definition) is 10. The highest BCUT2D eigenvalue weighted by Gasteiger charge is 2.54. The maximum Gasteiger partial charge on any atom is 0.459 e. The summed E-state index contributed by atoms with van der Waals surface area (Å²) in [6, 6.07) is 9.04. The van der Waals surface area contributed by atoms with Gasteiger partial charge in [-0.15, -0.1) is 11.6 Å². The number of aliphatic hydroxyl groups excluding tert-OH is 1. The first-order valence-electron chi connectivity index (χ1n) is 12.0. The lowest BCUT2D eigenvalue weighted by atomic mass is 10.0. The number of carbonyl (C=O) groups excluding carboxylic acids is 1. The van der Waals surface area contributed by atoms with Gasteiger partial charge in [0.2, 0.25) is 0 Å². The van der Waals surface area contributed by atoms with E-state index >= 15 is 0 Å². The van der Waals surface area contributed by atoms with Crippen molar-refractivity contribution in [2.45, 2.75) is 63.2 Å². The number of anilines is 1. The molecular formula is C24H31ClN5O7P. The number of fused-ring (bicyclic) bond motifs is 1. The monoisotopic (exact) mass is 567 g/mol. The molecule has 0 radical (unpaired) electrons. The predicted molar refractivity (Wildman–Crippen MR) is 141 cm³/mol. The fourth-order valence-corrected chi connectivity index (χ4v) is 5.84. The van der Waals surface area contributed by atoms with Crippen molar-refractivity contribution in [2.75, 3.05) is 12.3 Å². The van der Waals surface area contributed by atoms with Gasteiger partial charge in [0.15, 0.2) is 6.23 Å². The van der Waals surface area contributed by atoms with Crippen LogP contribution < -0.4 is 15.3 Å². The second-order valence-electron chi connectivity index (χ2n) is 9.38. The number of nitrogens with zero attached hydrogens (tertiary/aromatic N) is 3. The van der Waals surface area contributed by atoms with Crippen LogP contribution in [0.15, 0.2) is 48.9 Å². The summed E-state index contributed by atoms with van der Waals surface area (Å²) in [6.07, 6.45) is -0.482. The van der Waals surface area contributed by atoms with E-state index in [4.69, 9.17) is 35.9 Å². The quantitative estimate of drug-likeness (QED) is 0.187. The van der Waals surface area contributed by atoms with Gasteiger partial charge in [0.25, 0.3) is 0 Å². The molecule has 0 aliphatic carbocycles. The van der Waals surface area contributed by atoms with E-state index in [-0.39, 0.29) is 18.5 Å². The van der Waals surface area contributed by atoms with Crippen molar-refractivity contribution in [3.05, 3.63) is 48.9 Å². The number of rotatable bonds is 10. The average molecular weight is 568 g/mol. The standard InChI is InChI=1S/C24H31ClN5O7P/c1-14(2)35-22(32)15(3)29-38(33,37-16-8-6-5-7-9-16)34-12-18-19(31)24(4,25)23(36-18)30-11-10-17-20(26)27-13-28-21(17)30/h5-11,13-15,18-19,23,31H,12H2,1-4H3,(H,29,33)(H2,26,27,28)/t15-,18-,19-,23-,24-,38-/m1/s1. The van der Waals surface area contributed by atoms with Crippen molar-refractivity contribution in [1.82, 2.24) is 19.6 Å². The van der Waals surface area contributed by atoms with Crippen LogP contribution in [0.4, 0.5) is 5.82 Å². The molecule has 12 nitrogen and oxygen atoms in total. The molecule has 14 heteroatoms. The normalized spacial score (nSPS) is 25.8. The van der Waals surface area contributed by atoms with Crippen LogP contribution in [-0.2, 0) is 23.4 Å². The van der Waals surface area contributed by atoms with E-state index in [1.54, 1.807) is 67.9 Å². The van der Waals surface area contributed by atoms with Crippen LogP contribution in [0.1, 0.15) is 33.9 Å². The zero-order valence-electron chi connectivity index (χ0n) is 21.4. The van der Waals surface area contributed by atoms with Crippen LogP contribution in [0.5, 0.6) is 5.75 Å². The zero-order valence-corrected chi connectivity index (χ0v) is 23.0. The van der Waals surface area contributed by atoms with Gasteiger partial charge in [-0.2, -0.15) is 5.09 Å². The van der Waals surface area contributed by atoms with Crippen molar-refractivity contribution >= 4 is 42.2 Å². The summed E-state index contributed by atoms with van der Waals surface area (Å²) < 4.78 is 38.0. The summed E-state index contributed by atoms with van der Waals surface area (Å²) in [5.41, 5.74) is 6.42. The van der Waals surface area contributed by atoms with Gasteiger partial charge in [0.1, 0.15) is 46.7 Å². The number of aliphatic hydroxyl groups is 1. The molecule has 1 saturated heterocycles. The Labute approximate surface area is 225 Å². The second-order valence-corrected chi connectivity index (χ2v) is 11.9. The summed E-state index contributed by atoms with van der Waals surface area (Å²) in [5, 5.41) is 14.2. The SMILES string of the molecule is CC(C)OC(=O)[C@@H](C)N[P@@](=O)(OC[C@H]1O[C@@H](n2ccc3c(N)ncnc32)[C@](C)(Cl)[C@@H]1O)Oc1ccccc1. The summed E-state index contributed by atoms with van der Waals surface area (Å²) in [4.78, 5) is 19.3. The Morgan fingerprint density at radius 3 is 2.68 bits per heavy atom. The Kier molecular flexibility index (Phi) is 8.32. The third-order valence-electron chi connectivity index (χ3n) is 5.94. The van der Waals surface area contributed by atoms with E-state index in [9.17, 15) is 14.5 Å². The lowest BCUT2D eigenvalue weighted by Gasteiger charge is -2.27. The average Bonchev–Trinajstić information content (AvgIpc) is 3.37. The van der Waals surface area contributed by atoms with E-state index in [1.165, 1.54) is 13.3 Å². The van der Waals surface area contributed by atoms with Crippen LogP contribution in [0.3, 0.4) is 0 Å². The summed E-state index contributed by atoms with van der Waals surface area (Å²) in [7, 11) is -4.17. The molecule has 0 saturated carbocycles. The minimum atomic E-state index is -4.17. The number of esters is 1. The predicted octanol–water partition coefficient (Wildman–Crippen LogP) is 3.40. The van der Waals surface area contributed by atoms with E-state index < -0.39 is 43.1 Å². The van der Waals surface area contributed by atoms with Crippen LogP contribution in [0.2, 0.25) is 0 Å². The van der Waals surface area contributed by atoms with Crippen molar-refractivity contribution in [3.63, 3.8) is 0 Å². The van der Waals surface area contributed by atoms with E-state index in [1.807, 2.05) is 0 Å². The van der Waals surface area contributed by atoms with E-state index in [0.717, 1.165) is 0 Å². The number of hydrogen-bond donors (Lipinski definition) is 3. The zero-order chi connectivity index (χ0) is 27.7. The maximum atomic E-state index is 13.8. The van der Waals surface area contributed by atoms with Gasteiger partial charge in [0, 0.05) is 6.20 Å². The van der Waals surface area contributed by atoms with Crippen LogP contribution in [0.25, 0.3) is 11.0 Å². The third kappa shape index (κ3) is 5.96. The van der Waals surface area contributed by atoms with E-state index in [2.05, 4.69) is 15.1 Å². The molecule has 1 aliphatic rings. The van der Waals surface area contributed by atoms with E-state index in [0.29, 0.717) is 16.9 Å². The number of carbonyl (C=O) groups is 1. The molecule has 4 N–H and O–H groups in total. The van der Waals surface area contributed by atoms with Crippen molar-refractivity contribution in [2.24, 2.45) is 0 Å².